The van der Waals surface area contributed by atoms with Crippen molar-refractivity contribution in [2.75, 3.05) is 37.8 Å². The molecule has 1 aliphatic rings. The molecule has 2 aromatic heterocycles. The molecule has 364 valence electrons. The van der Waals surface area contributed by atoms with Gasteiger partial charge in [0.05, 0.1) is 26.0 Å². The summed E-state index contributed by atoms with van der Waals surface area (Å²) in [6.45, 7) is 2.52. The molecule has 25 nitrogen and oxygen atoms in total. The van der Waals surface area contributed by atoms with Crippen LogP contribution in [-0.4, -0.2) is 128 Å². The minimum absolute atomic E-state index is 0.0259. The summed E-state index contributed by atoms with van der Waals surface area (Å²) in [6.07, 6.45) is 3.29. The lowest BCUT2D eigenvalue weighted by Gasteiger charge is -2.30. The number of aliphatic hydroxyl groups is 2. The molecule has 0 radical (unpaired) electrons. The van der Waals surface area contributed by atoms with Gasteiger partial charge in [0, 0.05) is 37.1 Å². The number of phosphoric ester groups is 3. The van der Waals surface area contributed by atoms with E-state index in [0.29, 0.717) is 6.42 Å². The molecule has 2 amide bonds. The zero-order valence-corrected chi connectivity index (χ0v) is 39.3. The van der Waals surface area contributed by atoms with Crippen molar-refractivity contribution in [3.8, 4) is 0 Å². The van der Waals surface area contributed by atoms with Crippen LogP contribution in [0.1, 0.15) is 104 Å². The fourth-order valence-electron chi connectivity index (χ4n) is 6.23. The van der Waals surface area contributed by atoms with Gasteiger partial charge in [-0.1, -0.05) is 83.9 Å². The predicted octanol–water partition coefficient (Wildman–Crippen LogP) is 2.54. The summed E-state index contributed by atoms with van der Waals surface area (Å²) in [5.41, 5.74) is 4.24. The van der Waals surface area contributed by atoms with E-state index in [0.717, 1.165) is 54.7 Å². The zero-order chi connectivity index (χ0) is 47.7. The lowest BCUT2D eigenvalue weighted by molar-refractivity contribution is -0.137. The SMILES string of the molecule is CCCCCCCCCCCC(=O)CC(=O)SCCNC(=O)CCNC(=O)C(O)C(C)(C)COP(=O)(O)OP(=O)(O)OCC1OC(n2cnc3c(N)ncnc32)C(O)C1OP(=O)(O)O. The van der Waals surface area contributed by atoms with Crippen molar-refractivity contribution in [1.29, 1.82) is 0 Å². The number of carbonyl (C=O) groups excluding carboxylic acids is 4. The summed E-state index contributed by atoms with van der Waals surface area (Å²) < 4.78 is 62.3. The van der Waals surface area contributed by atoms with Gasteiger partial charge in [0.2, 0.25) is 11.8 Å². The number of rotatable bonds is 31. The standard InChI is InChI=1S/C35H60N7O18P3S/c1-4-5-6-7-8-9-10-11-12-13-23(43)18-26(45)64-17-16-37-25(44)14-15-38-33(48)30(47)35(2,3)20-57-63(54,55)60-62(52,53)56-19-24-29(59-61(49,50)51)28(46)34(58-24)42-22-41-27-31(36)39-21-40-32(27)42/h21-22,24,28-30,34,46-47H,4-20H2,1-3H3,(H,37,44)(H,38,48)(H,52,53)(H,54,55)(H2,36,39,40)(H2,49,50,51). The van der Waals surface area contributed by atoms with E-state index in [1.807, 2.05) is 0 Å². The van der Waals surface area contributed by atoms with E-state index in [2.05, 4.69) is 41.3 Å². The van der Waals surface area contributed by atoms with Crippen molar-refractivity contribution >= 4 is 74.9 Å². The Morgan fingerprint density at radius 3 is 2.22 bits per heavy atom. The summed E-state index contributed by atoms with van der Waals surface area (Å²) >= 11 is 0.934. The molecule has 0 saturated carbocycles. The number of aromatic nitrogens is 4. The van der Waals surface area contributed by atoms with Crippen molar-refractivity contribution in [3.63, 3.8) is 0 Å². The van der Waals surface area contributed by atoms with Crippen LogP contribution in [0.3, 0.4) is 0 Å². The number of fused-ring (bicyclic) bond motifs is 1. The van der Waals surface area contributed by atoms with E-state index in [4.69, 9.17) is 19.5 Å². The molecule has 1 fully saturated rings. The number of imidazole rings is 1. The molecule has 3 heterocycles. The second kappa shape index (κ2) is 26.0. The van der Waals surface area contributed by atoms with Crippen molar-refractivity contribution in [1.82, 2.24) is 30.2 Å². The van der Waals surface area contributed by atoms with Gasteiger partial charge in [-0.15, -0.1) is 0 Å². The first kappa shape index (κ1) is 55.6. The summed E-state index contributed by atoms with van der Waals surface area (Å²) in [6, 6.07) is 0. The van der Waals surface area contributed by atoms with Gasteiger partial charge in [-0.25, -0.2) is 28.6 Å². The highest BCUT2D eigenvalue weighted by Crippen LogP contribution is 2.61. The molecular weight excluding hydrogens is 931 g/mol. The van der Waals surface area contributed by atoms with Gasteiger partial charge < -0.3 is 50.9 Å². The Morgan fingerprint density at radius 2 is 1.56 bits per heavy atom. The fourth-order valence-corrected chi connectivity index (χ4v) is 9.75. The number of unbranched alkanes of at least 4 members (excludes halogenated alkanes) is 8. The Kier molecular flexibility index (Phi) is 22.5. The maximum Gasteiger partial charge on any atom is 0.481 e. The number of anilines is 1. The number of thioether (sulfide) groups is 1. The first-order chi connectivity index (χ1) is 29.9. The molecule has 0 bridgehead atoms. The molecule has 29 heteroatoms. The third kappa shape index (κ3) is 19.2. The van der Waals surface area contributed by atoms with Gasteiger partial charge in [0.1, 0.15) is 42.0 Å². The van der Waals surface area contributed by atoms with Gasteiger partial charge >= 0.3 is 23.5 Å². The van der Waals surface area contributed by atoms with Crippen molar-refractivity contribution in [3.05, 3.63) is 12.7 Å². The van der Waals surface area contributed by atoms with Gasteiger partial charge in [-0.2, -0.15) is 4.31 Å². The summed E-state index contributed by atoms with van der Waals surface area (Å²) in [5, 5.41) is 26.2. The Morgan fingerprint density at radius 1 is 0.922 bits per heavy atom. The molecule has 2 aromatic rings. The number of Topliss-reactive ketones (excluding diaryl/α,β-unsaturated/α-hetero) is 1. The number of amides is 2. The molecular formula is C35H60N7O18P3S. The first-order valence-corrected chi connectivity index (χ1v) is 26.0. The minimum Gasteiger partial charge on any atom is -0.386 e. The molecule has 64 heavy (non-hydrogen) atoms. The average Bonchev–Trinajstić information content (AvgIpc) is 3.76. The summed E-state index contributed by atoms with van der Waals surface area (Å²) in [4.78, 5) is 100. The van der Waals surface area contributed by atoms with Crippen LogP contribution < -0.4 is 16.4 Å². The normalized spacial score (nSPS) is 20.4. The van der Waals surface area contributed by atoms with Crippen LogP contribution in [-0.2, 0) is 55.5 Å². The van der Waals surface area contributed by atoms with Crippen LogP contribution in [0.4, 0.5) is 5.82 Å². The number of hydrogen-bond acceptors (Lipinski definition) is 19. The van der Waals surface area contributed by atoms with E-state index in [9.17, 15) is 62.7 Å². The fraction of sp³-hybridized carbons (Fsp3) is 0.743. The molecule has 3 rings (SSSR count). The number of aliphatic hydroxyl groups excluding tert-OH is 2. The topological polar surface area (TPSA) is 381 Å². The highest BCUT2D eigenvalue weighted by Gasteiger charge is 2.50. The number of nitrogens with zero attached hydrogens (tertiary/aromatic N) is 4. The molecule has 1 saturated heterocycles. The van der Waals surface area contributed by atoms with Gasteiger partial charge in [0.25, 0.3) is 0 Å². The largest absolute Gasteiger partial charge is 0.481 e. The number of nitrogens with two attached hydrogens (primary N) is 1. The smallest absolute Gasteiger partial charge is 0.386 e. The van der Waals surface area contributed by atoms with Crippen LogP contribution in [0.25, 0.3) is 11.2 Å². The van der Waals surface area contributed by atoms with E-state index in [-0.39, 0.29) is 59.6 Å². The molecule has 0 spiro atoms. The Labute approximate surface area is 373 Å². The van der Waals surface area contributed by atoms with Crippen LogP contribution in [0, 0.1) is 5.41 Å². The van der Waals surface area contributed by atoms with Gasteiger partial charge in [0.15, 0.2) is 22.8 Å². The van der Waals surface area contributed by atoms with Crippen molar-refractivity contribution in [2.24, 2.45) is 5.41 Å². The molecule has 0 aromatic carbocycles. The molecule has 7 atom stereocenters. The maximum absolute atomic E-state index is 12.7. The Balaban J connectivity index is 1.36. The first-order valence-electron chi connectivity index (χ1n) is 20.5. The zero-order valence-electron chi connectivity index (χ0n) is 35.8. The van der Waals surface area contributed by atoms with Crippen molar-refractivity contribution < 1.29 is 85.3 Å². The predicted molar refractivity (Wildman–Crippen MR) is 229 cm³/mol. The summed E-state index contributed by atoms with van der Waals surface area (Å²) in [5.74, 6) is -1.40. The third-order valence-electron chi connectivity index (χ3n) is 9.67. The van der Waals surface area contributed by atoms with Crippen LogP contribution >= 0.6 is 35.2 Å². The van der Waals surface area contributed by atoms with Crippen molar-refractivity contribution in [2.45, 2.75) is 128 Å². The number of carbonyl (C=O) groups is 4. The summed E-state index contributed by atoms with van der Waals surface area (Å²) in [7, 11) is -16.4. The lowest BCUT2D eigenvalue weighted by Crippen LogP contribution is -2.46. The second-order valence-corrected chi connectivity index (χ2v) is 21.0. The molecule has 0 aliphatic carbocycles. The lowest BCUT2D eigenvalue weighted by atomic mass is 9.87. The van der Waals surface area contributed by atoms with E-state index in [1.165, 1.54) is 46.0 Å². The quantitative estimate of drug-likeness (QED) is 0.0298. The van der Waals surface area contributed by atoms with E-state index >= 15 is 0 Å². The van der Waals surface area contributed by atoms with Crippen LogP contribution in [0.15, 0.2) is 12.7 Å². The number of nitrogens with one attached hydrogen (secondary N) is 2. The number of ketones is 1. The van der Waals surface area contributed by atoms with Crippen LogP contribution in [0.5, 0.6) is 0 Å². The number of phosphoric acid groups is 3. The monoisotopic (exact) mass is 991 g/mol. The number of ether oxygens (including phenoxy) is 1. The average molecular weight is 992 g/mol. The third-order valence-corrected chi connectivity index (χ3v) is 13.6. The Bertz CT molecular complexity index is 2010. The number of nitrogen functional groups attached to an aromatic ring is 1. The highest BCUT2D eigenvalue weighted by atomic mass is 32.2. The van der Waals surface area contributed by atoms with Gasteiger partial charge in [-0.05, 0) is 6.42 Å². The molecule has 10 N–H and O–H groups in total. The minimum atomic E-state index is -5.59. The van der Waals surface area contributed by atoms with Crippen LogP contribution in [0.2, 0.25) is 0 Å². The number of hydrogen-bond donors (Lipinski definition) is 9. The Hall–Kier alpha value is -2.77. The highest BCUT2D eigenvalue weighted by molar-refractivity contribution is 8.13. The second-order valence-electron chi connectivity index (χ2n) is 15.6. The maximum atomic E-state index is 12.7. The molecule has 7 unspecified atom stereocenters. The van der Waals surface area contributed by atoms with E-state index < -0.39 is 84.6 Å². The van der Waals surface area contributed by atoms with E-state index in [1.54, 1.807) is 0 Å². The molecule has 1 aliphatic heterocycles. The van der Waals surface area contributed by atoms with Gasteiger partial charge in [-0.3, -0.25) is 37.3 Å².